The summed E-state index contributed by atoms with van der Waals surface area (Å²) in [7, 11) is -3.73. The van der Waals surface area contributed by atoms with Gasteiger partial charge in [0.1, 0.15) is 18.0 Å². The first-order valence-electron chi connectivity index (χ1n) is 14.1. The molecule has 2 aliphatic rings. The van der Waals surface area contributed by atoms with Crippen LogP contribution in [0.5, 0.6) is 5.75 Å². The van der Waals surface area contributed by atoms with Gasteiger partial charge in [-0.2, -0.15) is 0 Å². The SMILES string of the molecule is C/C=C/C(C=O)(OCC)[C@@H]1CC[C@H]1CN1CCCCc2cc(Cl)ccc2COc2ccc(C(=O)NS(C)(=O)=O)cc21. The summed E-state index contributed by atoms with van der Waals surface area (Å²) in [6.07, 6.45) is 10.1. The van der Waals surface area contributed by atoms with Crippen molar-refractivity contribution in [1.29, 1.82) is 0 Å². The molecule has 0 spiro atoms. The largest absolute Gasteiger partial charge is 0.487 e. The lowest BCUT2D eigenvalue weighted by atomic mass is 9.64. The molecule has 1 aliphatic heterocycles. The zero-order valence-electron chi connectivity index (χ0n) is 23.9. The number of ether oxygens (including phenoxy) is 2. The molecule has 10 heteroatoms. The fraction of sp³-hybridized carbons (Fsp3) is 0.484. The van der Waals surface area contributed by atoms with Crippen LogP contribution in [0.3, 0.4) is 0 Å². The van der Waals surface area contributed by atoms with E-state index < -0.39 is 21.5 Å². The van der Waals surface area contributed by atoms with E-state index in [1.165, 1.54) is 0 Å². The molecule has 222 valence electrons. The van der Waals surface area contributed by atoms with Crippen LogP contribution >= 0.6 is 11.6 Å². The number of sulfonamides is 1. The van der Waals surface area contributed by atoms with Crippen molar-refractivity contribution in [1.82, 2.24) is 4.72 Å². The van der Waals surface area contributed by atoms with Crippen molar-refractivity contribution < 1.29 is 27.5 Å². The molecule has 0 radical (unpaired) electrons. The number of hydrogen-bond donors (Lipinski definition) is 1. The van der Waals surface area contributed by atoms with Gasteiger partial charge in [-0.15, -0.1) is 0 Å². The molecule has 2 aromatic rings. The summed E-state index contributed by atoms with van der Waals surface area (Å²) in [6, 6.07) is 10.8. The topological polar surface area (TPSA) is 102 Å². The minimum absolute atomic E-state index is 0.0156. The smallest absolute Gasteiger partial charge is 0.264 e. The van der Waals surface area contributed by atoms with Gasteiger partial charge in [0.2, 0.25) is 10.0 Å². The third-order valence-corrected chi connectivity index (χ3v) is 8.76. The first-order chi connectivity index (χ1) is 19.6. The Morgan fingerprint density at radius 1 is 1.20 bits per heavy atom. The van der Waals surface area contributed by atoms with E-state index in [4.69, 9.17) is 21.1 Å². The average molecular weight is 603 g/mol. The van der Waals surface area contributed by atoms with E-state index >= 15 is 0 Å². The quantitative estimate of drug-likeness (QED) is 0.306. The van der Waals surface area contributed by atoms with Crippen LogP contribution in [0.15, 0.2) is 48.6 Å². The van der Waals surface area contributed by atoms with Crippen molar-refractivity contribution in [3.8, 4) is 5.75 Å². The van der Waals surface area contributed by atoms with Crippen molar-refractivity contribution >= 4 is 39.5 Å². The third kappa shape index (κ3) is 7.50. The summed E-state index contributed by atoms with van der Waals surface area (Å²) in [4.78, 5) is 27.4. The van der Waals surface area contributed by atoms with Gasteiger partial charge in [-0.25, -0.2) is 13.1 Å². The number of rotatable bonds is 9. The van der Waals surface area contributed by atoms with Crippen LogP contribution in [0, 0.1) is 11.8 Å². The standard InChI is InChI=1S/C31H39ClN2O6S/c1-4-15-31(21-35,40-5-2)27-13-10-24(27)19-34-16-7-6-8-22-17-26(32)12-9-25(22)20-39-29-14-11-23(18-28(29)34)30(36)33-41(3,37)38/h4,9,11-12,14-15,17-18,21,24,27H,5-8,10,13,16,19-20H2,1-3H3,(H,33,36)/b15-4+/t24-,27+,31?/m0/s1. The van der Waals surface area contributed by atoms with Gasteiger partial charge in [-0.1, -0.05) is 23.7 Å². The Morgan fingerprint density at radius 2 is 2.00 bits per heavy atom. The van der Waals surface area contributed by atoms with Gasteiger partial charge in [-0.3, -0.25) is 9.59 Å². The van der Waals surface area contributed by atoms with Crippen LogP contribution in [-0.2, 0) is 32.6 Å². The van der Waals surface area contributed by atoms with Gasteiger partial charge in [-0.05, 0) is 99.4 Å². The molecule has 1 fully saturated rings. The maximum Gasteiger partial charge on any atom is 0.264 e. The van der Waals surface area contributed by atoms with Gasteiger partial charge in [0.25, 0.3) is 5.91 Å². The summed E-state index contributed by atoms with van der Waals surface area (Å²) in [5, 5.41) is 0.687. The summed E-state index contributed by atoms with van der Waals surface area (Å²) in [6.45, 7) is 5.87. The van der Waals surface area contributed by atoms with Crippen LogP contribution in [-0.4, -0.2) is 52.2 Å². The average Bonchev–Trinajstić information content (AvgIpc) is 2.93. The normalized spacial score (nSPS) is 20.9. The second kappa shape index (κ2) is 13.4. The number of fused-ring (bicyclic) bond motifs is 2. The summed E-state index contributed by atoms with van der Waals surface area (Å²) < 4.78 is 38.0. The molecule has 0 saturated heterocycles. The highest BCUT2D eigenvalue weighted by molar-refractivity contribution is 7.89. The lowest BCUT2D eigenvalue weighted by molar-refractivity contribution is -0.140. The molecule has 1 amide bonds. The molecule has 0 bridgehead atoms. The number of nitrogens with zero attached hydrogens (tertiary/aromatic N) is 1. The molecule has 1 aliphatic carbocycles. The molecule has 1 unspecified atom stereocenters. The highest BCUT2D eigenvalue weighted by atomic mass is 35.5. The number of aldehydes is 1. The Hall–Kier alpha value is -2.88. The number of nitrogens with one attached hydrogen (secondary N) is 1. The number of aryl methyl sites for hydroxylation is 1. The molecular weight excluding hydrogens is 564 g/mol. The molecular formula is C31H39ClN2O6S. The molecule has 0 aromatic heterocycles. The number of allylic oxidation sites excluding steroid dienone is 1. The van der Waals surface area contributed by atoms with Crippen molar-refractivity contribution in [3.05, 3.63) is 70.3 Å². The van der Waals surface area contributed by atoms with Crippen LogP contribution in [0.4, 0.5) is 5.69 Å². The van der Waals surface area contributed by atoms with Crippen LogP contribution in [0.2, 0.25) is 5.02 Å². The van der Waals surface area contributed by atoms with E-state index in [0.29, 0.717) is 42.8 Å². The number of carbonyl (C=O) groups is 2. The van der Waals surface area contributed by atoms with Gasteiger partial charge in [0.05, 0.1) is 11.9 Å². The zero-order valence-corrected chi connectivity index (χ0v) is 25.5. The van der Waals surface area contributed by atoms with E-state index in [0.717, 1.165) is 55.8 Å². The monoisotopic (exact) mass is 602 g/mol. The van der Waals surface area contributed by atoms with E-state index in [9.17, 15) is 18.0 Å². The molecule has 1 heterocycles. The van der Waals surface area contributed by atoms with Crippen molar-refractivity contribution in [2.24, 2.45) is 11.8 Å². The fourth-order valence-electron chi connectivity index (χ4n) is 5.92. The minimum atomic E-state index is -3.73. The van der Waals surface area contributed by atoms with E-state index in [1.54, 1.807) is 18.2 Å². The van der Waals surface area contributed by atoms with Gasteiger partial charge >= 0.3 is 0 Å². The summed E-state index contributed by atoms with van der Waals surface area (Å²) in [5.41, 5.74) is 2.16. The Bertz CT molecular complexity index is 1390. The maximum absolute atomic E-state index is 12.8. The number of hydrogen-bond acceptors (Lipinski definition) is 7. The molecule has 4 rings (SSSR count). The third-order valence-electron chi connectivity index (χ3n) is 7.97. The Labute approximate surface area is 248 Å². The Morgan fingerprint density at radius 3 is 2.66 bits per heavy atom. The van der Waals surface area contributed by atoms with Crippen LogP contribution in [0.25, 0.3) is 0 Å². The van der Waals surface area contributed by atoms with Crippen LogP contribution < -0.4 is 14.4 Å². The summed E-state index contributed by atoms with van der Waals surface area (Å²) in [5.74, 6) is 0.0854. The molecule has 1 N–H and O–H groups in total. The number of benzene rings is 2. The number of halogens is 1. The van der Waals surface area contributed by atoms with Crippen molar-refractivity contribution in [3.63, 3.8) is 0 Å². The molecule has 41 heavy (non-hydrogen) atoms. The van der Waals surface area contributed by atoms with E-state index in [-0.39, 0.29) is 17.4 Å². The van der Waals surface area contributed by atoms with Crippen molar-refractivity contribution in [2.75, 3.05) is 30.9 Å². The maximum atomic E-state index is 12.8. The summed E-state index contributed by atoms with van der Waals surface area (Å²) >= 11 is 6.29. The zero-order chi connectivity index (χ0) is 29.6. The lowest BCUT2D eigenvalue weighted by Gasteiger charge is -2.47. The second-order valence-electron chi connectivity index (χ2n) is 10.8. The molecule has 1 saturated carbocycles. The highest BCUT2D eigenvalue weighted by Crippen LogP contribution is 2.45. The highest BCUT2D eigenvalue weighted by Gasteiger charge is 2.47. The second-order valence-corrected chi connectivity index (χ2v) is 13.0. The van der Waals surface area contributed by atoms with Crippen molar-refractivity contribution in [2.45, 2.75) is 58.2 Å². The number of anilines is 1. The Kier molecular flexibility index (Phi) is 10.2. The molecule has 2 aromatic carbocycles. The Balaban J connectivity index is 1.70. The molecule has 8 nitrogen and oxygen atoms in total. The first kappa shape index (κ1) is 31.1. The number of amides is 1. The fourth-order valence-corrected chi connectivity index (χ4v) is 6.57. The minimum Gasteiger partial charge on any atom is -0.487 e. The lowest BCUT2D eigenvalue weighted by Crippen LogP contribution is -2.52. The number of carbonyl (C=O) groups excluding carboxylic acids is 2. The van der Waals surface area contributed by atoms with E-state index in [2.05, 4.69) is 9.62 Å². The van der Waals surface area contributed by atoms with E-state index in [1.807, 2.05) is 44.2 Å². The first-order valence-corrected chi connectivity index (χ1v) is 16.4. The van der Waals surface area contributed by atoms with Gasteiger partial charge < -0.3 is 14.4 Å². The van der Waals surface area contributed by atoms with Crippen LogP contribution in [0.1, 0.15) is 61.0 Å². The predicted octanol–water partition coefficient (Wildman–Crippen LogP) is 5.33. The van der Waals surface area contributed by atoms with Gasteiger partial charge in [0.15, 0.2) is 6.29 Å². The van der Waals surface area contributed by atoms with Gasteiger partial charge in [0, 0.05) is 36.2 Å². The molecule has 3 atom stereocenters. The predicted molar refractivity (Wildman–Crippen MR) is 161 cm³/mol.